The lowest BCUT2D eigenvalue weighted by Crippen LogP contribution is -0.553. The third-order valence-corrected chi connectivity index (χ3v) is 24.3. The van der Waals surface area contributed by atoms with Gasteiger partial charge in [-0.3, -0.25) is 0 Å². The van der Waals surface area contributed by atoms with Crippen LogP contribution in [0.3, 0.4) is 0 Å². The molecular formula is P4. The van der Waals surface area contributed by atoms with Crippen molar-refractivity contribution in [3.8, 4) is 0 Å². The second kappa shape index (κ2) is 0.552. The lowest BCUT2D eigenvalue weighted by atomic mass is 29.6. The van der Waals surface area contributed by atoms with E-state index in [1.807, 2.05) is 15.1 Å². The minimum atomic E-state index is 0.806. The molecule has 4 heteroatoms. The molecule has 0 unspecified atom stereocenters. The minimum Gasteiger partial charge on any atom is -0.0223 e. The van der Waals surface area contributed by atoms with E-state index in [0.717, 1.165) is 13.2 Å². The minimum absolute atomic E-state index is 0.806. The molecule has 0 radical (unpaired) electrons. The highest BCUT2D eigenvalue weighted by molar-refractivity contribution is 9.21. The summed E-state index contributed by atoms with van der Waals surface area (Å²) in [5, 5.41) is 0. The zero-order chi connectivity index (χ0) is 2.57. The van der Waals surface area contributed by atoms with E-state index in [1.54, 1.807) is 0 Å². The van der Waals surface area contributed by atoms with Crippen LogP contribution < -0.4 is 0 Å². The van der Waals surface area contributed by atoms with Crippen molar-refractivity contribution in [2.24, 2.45) is 0 Å². The fourth-order valence-corrected chi connectivity index (χ4v) is 20.6. The number of rotatable bonds is 0. The largest absolute Gasteiger partial charge is 0.0670 e. The molecule has 0 atom stereocenters. The molecule has 0 saturated carbocycles. The van der Waals surface area contributed by atoms with Crippen molar-refractivity contribution in [3.63, 3.8) is 0 Å². The molecule has 0 aromatic carbocycles. The topological polar surface area (TPSA) is 0 Å². The van der Waals surface area contributed by atoms with Crippen LogP contribution in [-0.2, 0) is 0 Å². The molecule has 0 bridgehead atoms. The van der Waals surface area contributed by atoms with Gasteiger partial charge in [0.05, 0.1) is 6.99 Å². The lowest BCUT2D eigenvalue weighted by Gasteiger charge is -1.39. The molecule has 2 aliphatic rings. The predicted molar refractivity (Wildman–Crippen MR) is 27.7 cm³/mol. The van der Waals surface area contributed by atoms with E-state index in [2.05, 4.69) is 0 Å². The Labute approximate surface area is 29.1 Å². The Kier molecular flexibility index (Phi) is 0.344. The van der Waals surface area contributed by atoms with Crippen molar-refractivity contribution in [3.05, 3.63) is 0 Å². The van der Waals surface area contributed by atoms with Crippen molar-refractivity contribution in [1.29, 1.82) is 0 Å². The van der Waals surface area contributed by atoms with Crippen LogP contribution >= 0.6 is 28.3 Å². The van der Waals surface area contributed by atoms with Gasteiger partial charge in [-0.05, 0) is 21.3 Å². The van der Waals surface area contributed by atoms with E-state index in [1.165, 1.54) is 0 Å². The molecule has 4 heavy (non-hydrogen) atoms. The summed E-state index contributed by atoms with van der Waals surface area (Å²) in [6.45, 7) is 0.806. The first-order valence-electron chi connectivity index (χ1n) is 1.000. The second-order valence-electron chi connectivity index (χ2n) is 0.716. The highest BCUT2D eigenvalue weighted by Crippen LogP contribution is 3.15. The molecule has 0 spiro atoms. The van der Waals surface area contributed by atoms with Crippen molar-refractivity contribution in [2.45, 2.75) is 0 Å². The van der Waals surface area contributed by atoms with Gasteiger partial charge in [0.2, 0.25) is 0 Å². The van der Waals surface area contributed by atoms with Gasteiger partial charge >= 0.3 is 0 Å². The lowest BCUT2D eigenvalue weighted by molar-refractivity contribution is 5.51. The van der Waals surface area contributed by atoms with Gasteiger partial charge in [0.1, 0.15) is 0 Å². The van der Waals surface area contributed by atoms with Gasteiger partial charge in [-0.15, -0.1) is 0 Å². The van der Waals surface area contributed by atoms with Crippen molar-refractivity contribution in [2.75, 3.05) is 0 Å². The smallest absolute Gasteiger partial charge is 0.0223 e. The summed E-state index contributed by atoms with van der Waals surface area (Å²) in [7, 11) is 3.76. The third-order valence-electron chi connectivity index (χ3n) is 0.419. The van der Waals surface area contributed by atoms with Crippen LogP contribution in [-0.4, -0.2) is 0 Å². The van der Waals surface area contributed by atoms with E-state index in [-0.39, 0.29) is 0 Å². The van der Waals surface area contributed by atoms with Crippen molar-refractivity contribution < 1.29 is 0 Å². The maximum Gasteiger partial charge on any atom is 0.0670 e. The summed E-state index contributed by atoms with van der Waals surface area (Å²) >= 11 is 0. The molecule has 0 N–H and O–H groups in total. The maximum atomic E-state index is 1.88. The highest BCUT2D eigenvalue weighted by atomic mass is 33.3. The van der Waals surface area contributed by atoms with Gasteiger partial charge in [0.15, 0.2) is 0 Å². The molecular weight excluding hydrogens is 124 g/mol. The molecule has 0 fully saturated rings. The summed E-state index contributed by atoms with van der Waals surface area (Å²) in [5.41, 5.74) is 0. The third kappa shape index (κ3) is 0.208. The zero-order valence-electron chi connectivity index (χ0n) is 1.79. The van der Waals surface area contributed by atoms with Crippen molar-refractivity contribution in [1.82, 2.24) is 0 Å². The van der Waals surface area contributed by atoms with E-state index < -0.39 is 0 Å². The highest BCUT2D eigenvalue weighted by Gasteiger charge is 2.30. The zero-order valence-corrected chi connectivity index (χ0v) is 5.37. The molecule has 0 saturated heterocycles. The molecule has 0 aliphatic carbocycles. The summed E-state index contributed by atoms with van der Waals surface area (Å²) in [6, 6.07) is 0. The predicted octanol–water partition coefficient (Wildman–Crippen LogP) is 3.44. The average Bonchev–Trinajstić information content (AvgIpc) is 1.36. The summed E-state index contributed by atoms with van der Waals surface area (Å²) < 4.78 is 0. The van der Waals surface area contributed by atoms with E-state index >= 15 is 0 Å². The molecule has 20 valence electrons. The van der Waals surface area contributed by atoms with Crippen LogP contribution in [0.5, 0.6) is 0 Å². The van der Waals surface area contributed by atoms with E-state index in [4.69, 9.17) is 0 Å². The normalized spacial score (nSPS) is 61.0. The molecule has 0 amide bonds. The van der Waals surface area contributed by atoms with Gasteiger partial charge in [0.25, 0.3) is 0 Å². The van der Waals surface area contributed by atoms with Crippen LogP contribution in [0.25, 0.3) is 0 Å². The second-order valence-corrected chi connectivity index (χ2v) is 19.3. The van der Waals surface area contributed by atoms with Crippen molar-refractivity contribution >= 4 is 28.3 Å². The summed E-state index contributed by atoms with van der Waals surface area (Å²) in [4.78, 5) is 0. The van der Waals surface area contributed by atoms with Gasteiger partial charge in [-0.1, -0.05) is 0 Å². The quantitative estimate of drug-likeness (QED) is 0.433. The van der Waals surface area contributed by atoms with Crippen LogP contribution in [0.1, 0.15) is 0 Å². The van der Waals surface area contributed by atoms with Gasteiger partial charge in [-0.25, -0.2) is 0 Å². The van der Waals surface area contributed by atoms with Gasteiger partial charge in [0, 0.05) is 0 Å². The Morgan fingerprint density at radius 2 is 1.50 bits per heavy atom. The van der Waals surface area contributed by atoms with Gasteiger partial charge in [-0.2, -0.15) is 0 Å². The Morgan fingerprint density at radius 3 is 1.50 bits per heavy atom. The Bertz CT molecular complexity index is 111. The molecule has 0 aromatic heterocycles. The first-order chi connectivity index (χ1) is 1.97. The van der Waals surface area contributed by atoms with E-state index in [0.29, 0.717) is 0 Å². The first-order valence-corrected chi connectivity index (χ1v) is 9.00. The number of fused-ring (bicyclic) bond motifs is 1. The fraction of sp³-hybridized carbons (Fsp3) is 0. The summed E-state index contributed by atoms with van der Waals surface area (Å²) in [6.07, 6.45) is 0.806. The maximum absolute atomic E-state index is 1.88. The summed E-state index contributed by atoms with van der Waals surface area (Å²) in [5.74, 6) is 0. The van der Waals surface area contributed by atoms with E-state index in [9.17, 15) is 0 Å². The van der Waals surface area contributed by atoms with Gasteiger partial charge < -0.3 is 0 Å². The fourth-order valence-electron chi connectivity index (χ4n) is 0.112. The Balaban J connectivity index is 3.39. The van der Waals surface area contributed by atoms with Crippen LogP contribution in [0.15, 0.2) is 0 Å². The molecule has 0 aromatic rings. The first kappa shape index (κ1) is 2.49. The Hall–Kier alpha value is 1.33. The molecule has 2 aliphatic heterocycles. The van der Waals surface area contributed by atoms with Crippen LogP contribution in [0.4, 0.5) is 0 Å². The monoisotopic (exact) mass is 124 g/mol. The van der Waals surface area contributed by atoms with Crippen LogP contribution in [0, 0.1) is 0 Å². The number of hydrogen-bond donors (Lipinski definition) is 0. The number of hydrogen-bond acceptors (Lipinski definition) is 0. The molecule has 0 nitrogen and oxygen atoms in total. The van der Waals surface area contributed by atoms with Crippen LogP contribution in [0.2, 0.25) is 0 Å². The standard InChI is InChI=1S/P4/c1-3-2-4(1)3. The average molecular weight is 124 g/mol. The Morgan fingerprint density at radius 1 is 1.25 bits per heavy atom. The SMILES string of the molecule is P1=P2=PP12. The molecule has 2 rings (SSSR count). The molecule has 2 heterocycles.